The Morgan fingerprint density at radius 1 is 1.16 bits per heavy atom. The van der Waals surface area contributed by atoms with Gasteiger partial charge in [-0.1, -0.05) is 13.8 Å². The Hall–Kier alpha value is -3.33. The van der Waals surface area contributed by atoms with Crippen LogP contribution in [0.3, 0.4) is 0 Å². The number of hydrogen-bond donors (Lipinski definition) is 2. The molecule has 3 aromatic rings. The highest BCUT2D eigenvalue weighted by molar-refractivity contribution is 7.14. The smallest absolute Gasteiger partial charge is 0.257 e. The van der Waals surface area contributed by atoms with Gasteiger partial charge in [0, 0.05) is 17.9 Å². The summed E-state index contributed by atoms with van der Waals surface area (Å²) in [5, 5.41) is 7.73. The second-order valence-electron chi connectivity index (χ2n) is 7.47. The molecule has 2 aromatic heterocycles. The fourth-order valence-electron chi connectivity index (χ4n) is 2.73. The Labute approximate surface area is 190 Å². The minimum atomic E-state index is -0.298. The van der Waals surface area contributed by atoms with Crippen LogP contribution in [0.1, 0.15) is 43.8 Å². The van der Waals surface area contributed by atoms with Crippen molar-refractivity contribution in [2.75, 3.05) is 18.5 Å². The number of rotatable bonds is 10. The summed E-state index contributed by atoms with van der Waals surface area (Å²) >= 11 is 1.30. The van der Waals surface area contributed by atoms with Crippen LogP contribution < -0.4 is 20.1 Å². The molecule has 3 rings (SSSR count). The van der Waals surface area contributed by atoms with Crippen molar-refractivity contribution >= 4 is 28.3 Å². The summed E-state index contributed by atoms with van der Waals surface area (Å²) < 4.78 is 17.1. The van der Waals surface area contributed by atoms with Gasteiger partial charge in [0.1, 0.15) is 11.5 Å². The zero-order chi connectivity index (χ0) is 23.1. The molecule has 0 bridgehead atoms. The number of furan rings is 1. The average Bonchev–Trinajstić information content (AvgIpc) is 3.40. The topological polar surface area (TPSA) is 103 Å². The summed E-state index contributed by atoms with van der Waals surface area (Å²) in [5.41, 5.74) is 1.05. The first kappa shape index (κ1) is 23.3. The van der Waals surface area contributed by atoms with E-state index in [2.05, 4.69) is 29.5 Å². The number of anilines is 1. The van der Waals surface area contributed by atoms with E-state index in [-0.39, 0.29) is 11.8 Å². The third-order valence-corrected chi connectivity index (χ3v) is 4.99. The molecule has 2 N–H and O–H groups in total. The van der Waals surface area contributed by atoms with Crippen LogP contribution in [0.25, 0.3) is 11.5 Å². The Balaban J connectivity index is 1.68. The van der Waals surface area contributed by atoms with Crippen molar-refractivity contribution in [1.82, 2.24) is 10.3 Å². The predicted octanol–water partition coefficient (Wildman–Crippen LogP) is 4.73. The fraction of sp³-hybridized carbons (Fsp3) is 0.348. The van der Waals surface area contributed by atoms with Crippen molar-refractivity contribution in [1.29, 1.82) is 0 Å². The molecule has 0 aliphatic rings. The van der Waals surface area contributed by atoms with Crippen molar-refractivity contribution in [3.63, 3.8) is 0 Å². The molecule has 0 saturated heterocycles. The van der Waals surface area contributed by atoms with Gasteiger partial charge in [0.2, 0.25) is 5.91 Å². The van der Waals surface area contributed by atoms with Crippen LogP contribution in [0.15, 0.2) is 40.1 Å². The molecule has 2 amide bonds. The van der Waals surface area contributed by atoms with Crippen molar-refractivity contribution in [2.45, 2.75) is 34.2 Å². The molecular weight excluding hydrogens is 430 g/mol. The van der Waals surface area contributed by atoms with E-state index >= 15 is 0 Å². The zero-order valence-corrected chi connectivity index (χ0v) is 19.4. The Morgan fingerprint density at radius 2 is 1.97 bits per heavy atom. The number of ether oxygens (including phenoxy) is 2. The maximum absolute atomic E-state index is 12.7. The molecule has 0 atom stereocenters. The van der Waals surface area contributed by atoms with Gasteiger partial charge in [-0.2, -0.15) is 0 Å². The molecule has 0 aliphatic heterocycles. The normalized spacial score (nSPS) is 10.8. The second-order valence-corrected chi connectivity index (χ2v) is 8.33. The highest BCUT2D eigenvalue weighted by atomic mass is 32.1. The number of thiazole rings is 1. The van der Waals surface area contributed by atoms with E-state index < -0.39 is 0 Å². The Kier molecular flexibility index (Phi) is 7.88. The van der Waals surface area contributed by atoms with Gasteiger partial charge in [-0.25, -0.2) is 4.98 Å². The first-order valence-corrected chi connectivity index (χ1v) is 11.2. The summed E-state index contributed by atoms with van der Waals surface area (Å²) in [6.07, 6.45) is 0. The standard InChI is InChI=1S/C23H27N3O5S/c1-5-29-21-10-16(6-8-20(21)30-12-14(2)3)22(28)26-23-25-18(13-32-23)19-9-7-17(31-19)11-24-15(4)27/h6-10,13-14H,5,11-12H2,1-4H3,(H,24,27)(H,25,26,28). The van der Waals surface area contributed by atoms with Gasteiger partial charge >= 0.3 is 0 Å². The van der Waals surface area contributed by atoms with Crippen LogP contribution in [0.2, 0.25) is 0 Å². The molecule has 9 heteroatoms. The summed E-state index contributed by atoms with van der Waals surface area (Å²) in [6.45, 7) is 8.80. The minimum Gasteiger partial charge on any atom is -0.490 e. The largest absolute Gasteiger partial charge is 0.490 e. The molecular formula is C23H27N3O5S. The van der Waals surface area contributed by atoms with Crippen LogP contribution in [0.5, 0.6) is 11.5 Å². The van der Waals surface area contributed by atoms with E-state index in [1.165, 1.54) is 18.3 Å². The van der Waals surface area contributed by atoms with Gasteiger partial charge in [0.15, 0.2) is 22.4 Å². The molecule has 0 radical (unpaired) electrons. The highest BCUT2D eigenvalue weighted by Crippen LogP contribution is 2.30. The van der Waals surface area contributed by atoms with E-state index in [0.717, 1.165) is 0 Å². The van der Waals surface area contributed by atoms with Gasteiger partial charge in [0.25, 0.3) is 5.91 Å². The van der Waals surface area contributed by atoms with Crippen LogP contribution in [-0.2, 0) is 11.3 Å². The minimum absolute atomic E-state index is 0.131. The first-order valence-electron chi connectivity index (χ1n) is 10.4. The van der Waals surface area contributed by atoms with E-state index in [9.17, 15) is 9.59 Å². The van der Waals surface area contributed by atoms with Crippen molar-refractivity contribution in [3.05, 3.63) is 47.0 Å². The molecule has 1 aromatic carbocycles. The Morgan fingerprint density at radius 3 is 2.69 bits per heavy atom. The molecule has 32 heavy (non-hydrogen) atoms. The predicted molar refractivity (Wildman–Crippen MR) is 123 cm³/mol. The summed E-state index contributed by atoms with van der Waals surface area (Å²) in [6, 6.07) is 8.67. The van der Waals surface area contributed by atoms with Crippen LogP contribution in [-0.4, -0.2) is 30.0 Å². The van der Waals surface area contributed by atoms with Crippen LogP contribution in [0, 0.1) is 5.92 Å². The molecule has 170 valence electrons. The number of nitrogens with one attached hydrogen (secondary N) is 2. The van der Waals surface area contributed by atoms with Gasteiger partial charge in [0.05, 0.1) is 19.8 Å². The first-order chi connectivity index (χ1) is 15.4. The molecule has 0 spiro atoms. The van der Waals surface area contributed by atoms with E-state index in [0.29, 0.717) is 65.1 Å². The molecule has 2 heterocycles. The maximum Gasteiger partial charge on any atom is 0.257 e. The molecule has 0 aliphatic carbocycles. The second kappa shape index (κ2) is 10.8. The monoisotopic (exact) mass is 457 g/mol. The highest BCUT2D eigenvalue weighted by Gasteiger charge is 2.15. The summed E-state index contributed by atoms with van der Waals surface area (Å²) in [5.74, 6) is 2.28. The lowest BCUT2D eigenvalue weighted by Crippen LogP contribution is -2.18. The van der Waals surface area contributed by atoms with Gasteiger partial charge < -0.3 is 19.2 Å². The molecule has 0 unspecified atom stereocenters. The molecule has 8 nitrogen and oxygen atoms in total. The maximum atomic E-state index is 12.7. The van der Waals surface area contributed by atoms with E-state index in [4.69, 9.17) is 13.9 Å². The van der Waals surface area contributed by atoms with Crippen molar-refractivity contribution in [3.8, 4) is 23.0 Å². The number of carbonyl (C=O) groups excluding carboxylic acids is 2. The molecule has 0 saturated carbocycles. The summed E-state index contributed by atoms with van der Waals surface area (Å²) in [4.78, 5) is 28.2. The third kappa shape index (κ3) is 6.34. The van der Waals surface area contributed by atoms with Crippen molar-refractivity contribution < 1.29 is 23.5 Å². The fourth-order valence-corrected chi connectivity index (χ4v) is 3.42. The van der Waals surface area contributed by atoms with Crippen molar-refractivity contribution in [2.24, 2.45) is 5.92 Å². The zero-order valence-electron chi connectivity index (χ0n) is 18.6. The van der Waals surface area contributed by atoms with E-state index in [1.807, 2.05) is 6.92 Å². The number of carbonyl (C=O) groups is 2. The van der Waals surface area contributed by atoms with Crippen LogP contribution in [0.4, 0.5) is 5.13 Å². The number of nitrogens with zero attached hydrogens (tertiary/aromatic N) is 1. The lowest BCUT2D eigenvalue weighted by atomic mass is 10.2. The lowest BCUT2D eigenvalue weighted by Gasteiger charge is -2.14. The van der Waals surface area contributed by atoms with Gasteiger partial charge in [-0.3, -0.25) is 14.9 Å². The quantitative estimate of drug-likeness (QED) is 0.456. The van der Waals surface area contributed by atoms with Gasteiger partial charge in [-0.15, -0.1) is 11.3 Å². The summed E-state index contributed by atoms with van der Waals surface area (Å²) in [7, 11) is 0. The number of hydrogen-bond acceptors (Lipinski definition) is 7. The van der Waals surface area contributed by atoms with Gasteiger partial charge in [-0.05, 0) is 43.2 Å². The Bertz CT molecular complexity index is 1070. The SMILES string of the molecule is CCOc1cc(C(=O)Nc2nc(-c3ccc(CNC(C)=O)o3)cs2)ccc1OCC(C)C. The average molecular weight is 458 g/mol. The number of amides is 2. The third-order valence-electron chi connectivity index (χ3n) is 4.23. The molecule has 0 fully saturated rings. The number of aromatic nitrogens is 1. The van der Waals surface area contributed by atoms with E-state index in [1.54, 1.807) is 35.7 Å². The number of benzene rings is 1. The van der Waals surface area contributed by atoms with Crippen LogP contribution >= 0.6 is 11.3 Å². The lowest BCUT2D eigenvalue weighted by molar-refractivity contribution is -0.119.